The molecule has 5 heteroatoms. The molecule has 0 spiro atoms. The molecule has 0 aliphatic heterocycles. The third-order valence-corrected chi connectivity index (χ3v) is 1.95. The van der Waals surface area contributed by atoms with Crippen molar-refractivity contribution in [3.05, 3.63) is 33.8 Å². The van der Waals surface area contributed by atoms with E-state index < -0.39 is 0 Å². The molecule has 1 aromatic rings. The van der Waals surface area contributed by atoms with Crippen LogP contribution in [0.15, 0.2) is 23.3 Å². The molecule has 0 saturated carbocycles. The molecule has 0 atom stereocenters. The molecular formula is C9H8Cl2N2O. The third-order valence-electron chi connectivity index (χ3n) is 1.39. The molecule has 3 nitrogen and oxygen atoms in total. The number of hydrazone groups is 1. The van der Waals surface area contributed by atoms with Gasteiger partial charge >= 0.3 is 0 Å². The molecule has 0 saturated heterocycles. The van der Waals surface area contributed by atoms with Gasteiger partial charge in [0.15, 0.2) is 0 Å². The Bertz CT molecular complexity index is 377. The van der Waals surface area contributed by atoms with Gasteiger partial charge in [-0.1, -0.05) is 29.3 Å². The zero-order valence-electron chi connectivity index (χ0n) is 7.42. The van der Waals surface area contributed by atoms with E-state index in [1.54, 1.807) is 18.2 Å². The first-order valence-electron chi connectivity index (χ1n) is 3.84. The Morgan fingerprint density at radius 1 is 1.50 bits per heavy atom. The first-order valence-corrected chi connectivity index (χ1v) is 4.60. The highest BCUT2D eigenvalue weighted by Gasteiger charge is 1.97. The maximum Gasteiger partial charge on any atom is 0.236 e. The van der Waals surface area contributed by atoms with Crippen LogP contribution in [0.25, 0.3) is 0 Å². The number of amides is 1. The van der Waals surface area contributed by atoms with Crippen LogP contribution < -0.4 is 5.43 Å². The van der Waals surface area contributed by atoms with Gasteiger partial charge in [-0.2, -0.15) is 5.10 Å². The molecule has 0 bridgehead atoms. The number of nitrogens with one attached hydrogen (secondary N) is 1. The van der Waals surface area contributed by atoms with E-state index in [1.165, 1.54) is 13.1 Å². The zero-order chi connectivity index (χ0) is 10.6. The molecule has 1 N–H and O–H groups in total. The van der Waals surface area contributed by atoms with E-state index in [9.17, 15) is 4.79 Å². The maximum absolute atomic E-state index is 10.5. The standard InChI is InChI=1S/C9H8Cl2N2O/c1-6(14)13-12-5-7-2-3-8(10)4-9(7)11/h2-5H,1H3,(H,13,14). The molecule has 1 aromatic carbocycles. The van der Waals surface area contributed by atoms with Crippen LogP contribution in [0.2, 0.25) is 10.0 Å². The average Bonchev–Trinajstić information content (AvgIpc) is 2.08. The smallest absolute Gasteiger partial charge is 0.236 e. The Kier molecular flexibility index (Phi) is 3.92. The SMILES string of the molecule is CC(=O)NN=Cc1ccc(Cl)cc1Cl. The van der Waals surface area contributed by atoms with Crippen molar-refractivity contribution in [2.24, 2.45) is 5.10 Å². The van der Waals surface area contributed by atoms with Crippen molar-refractivity contribution in [1.29, 1.82) is 0 Å². The summed E-state index contributed by atoms with van der Waals surface area (Å²) in [5.41, 5.74) is 2.97. The summed E-state index contributed by atoms with van der Waals surface area (Å²) in [6.07, 6.45) is 1.46. The monoisotopic (exact) mass is 230 g/mol. The van der Waals surface area contributed by atoms with Crippen LogP contribution in [0.5, 0.6) is 0 Å². The van der Waals surface area contributed by atoms with Gasteiger partial charge in [0.05, 0.1) is 11.2 Å². The highest BCUT2D eigenvalue weighted by molar-refractivity contribution is 6.36. The Morgan fingerprint density at radius 3 is 2.79 bits per heavy atom. The van der Waals surface area contributed by atoms with E-state index in [0.29, 0.717) is 15.6 Å². The normalized spacial score (nSPS) is 10.5. The fourth-order valence-electron chi connectivity index (χ4n) is 0.799. The Morgan fingerprint density at radius 2 is 2.21 bits per heavy atom. The molecule has 0 aromatic heterocycles. The van der Waals surface area contributed by atoms with Crippen LogP contribution in [-0.2, 0) is 4.79 Å². The van der Waals surface area contributed by atoms with Crippen molar-refractivity contribution >= 4 is 35.3 Å². The number of benzene rings is 1. The number of hydrogen-bond donors (Lipinski definition) is 1. The molecule has 0 unspecified atom stereocenters. The molecular weight excluding hydrogens is 223 g/mol. The lowest BCUT2D eigenvalue weighted by Gasteiger charge is -1.97. The minimum absolute atomic E-state index is 0.230. The predicted molar refractivity (Wildman–Crippen MR) is 57.9 cm³/mol. The fourth-order valence-corrected chi connectivity index (χ4v) is 1.26. The van der Waals surface area contributed by atoms with E-state index in [1.807, 2.05) is 0 Å². The van der Waals surface area contributed by atoms with E-state index >= 15 is 0 Å². The van der Waals surface area contributed by atoms with Crippen LogP contribution in [0.4, 0.5) is 0 Å². The van der Waals surface area contributed by atoms with Gasteiger partial charge in [-0.05, 0) is 12.1 Å². The van der Waals surface area contributed by atoms with E-state index in [4.69, 9.17) is 23.2 Å². The Labute approximate surface area is 91.7 Å². The topological polar surface area (TPSA) is 41.5 Å². The summed E-state index contributed by atoms with van der Waals surface area (Å²) in [6, 6.07) is 5.02. The summed E-state index contributed by atoms with van der Waals surface area (Å²) in [7, 11) is 0. The molecule has 74 valence electrons. The van der Waals surface area contributed by atoms with Gasteiger partial charge < -0.3 is 0 Å². The first-order chi connectivity index (χ1) is 6.59. The quantitative estimate of drug-likeness (QED) is 0.616. The van der Waals surface area contributed by atoms with E-state index in [-0.39, 0.29) is 5.91 Å². The largest absolute Gasteiger partial charge is 0.274 e. The first kappa shape index (κ1) is 11.0. The minimum atomic E-state index is -0.230. The van der Waals surface area contributed by atoms with Crippen molar-refractivity contribution < 1.29 is 4.79 Å². The van der Waals surface area contributed by atoms with Gasteiger partial charge in [0.2, 0.25) is 5.91 Å². The van der Waals surface area contributed by atoms with Crippen molar-refractivity contribution in [1.82, 2.24) is 5.43 Å². The highest BCUT2D eigenvalue weighted by atomic mass is 35.5. The number of nitrogens with zero attached hydrogens (tertiary/aromatic N) is 1. The van der Waals surface area contributed by atoms with Crippen LogP contribution in [-0.4, -0.2) is 12.1 Å². The van der Waals surface area contributed by atoms with E-state index in [0.717, 1.165) is 0 Å². The van der Waals surface area contributed by atoms with Crippen LogP contribution in [0, 0.1) is 0 Å². The average molecular weight is 231 g/mol. The summed E-state index contributed by atoms with van der Waals surface area (Å²) < 4.78 is 0. The lowest BCUT2D eigenvalue weighted by atomic mass is 10.2. The van der Waals surface area contributed by atoms with Gasteiger partial charge in [0.1, 0.15) is 0 Å². The predicted octanol–water partition coefficient (Wildman–Crippen LogP) is 2.46. The summed E-state index contributed by atoms with van der Waals surface area (Å²) >= 11 is 11.6. The lowest BCUT2D eigenvalue weighted by molar-refractivity contribution is -0.118. The van der Waals surface area contributed by atoms with Gasteiger partial charge in [-0.25, -0.2) is 5.43 Å². The second-order valence-electron chi connectivity index (χ2n) is 2.59. The summed E-state index contributed by atoms with van der Waals surface area (Å²) in [4.78, 5) is 10.5. The molecule has 0 heterocycles. The second-order valence-corrected chi connectivity index (χ2v) is 3.44. The highest BCUT2D eigenvalue weighted by Crippen LogP contribution is 2.19. The maximum atomic E-state index is 10.5. The second kappa shape index (κ2) is 4.98. The molecule has 0 fully saturated rings. The summed E-state index contributed by atoms with van der Waals surface area (Å²) in [5.74, 6) is -0.230. The number of carbonyl (C=O) groups excluding carboxylic acids is 1. The molecule has 1 amide bonds. The van der Waals surface area contributed by atoms with Crippen molar-refractivity contribution in [3.63, 3.8) is 0 Å². The van der Waals surface area contributed by atoms with Crippen molar-refractivity contribution in [3.8, 4) is 0 Å². The Balaban J connectivity index is 2.76. The molecule has 0 radical (unpaired) electrons. The minimum Gasteiger partial charge on any atom is -0.274 e. The van der Waals surface area contributed by atoms with Crippen molar-refractivity contribution in [2.45, 2.75) is 6.92 Å². The summed E-state index contributed by atoms with van der Waals surface area (Å²) in [5, 5.41) is 4.73. The van der Waals surface area contributed by atoms with Gasteiger partial charge in [-0.15, -0.1) is 0 Å². The number of rotatable bonds is 2. The molecule has 14 heavy (non-hydrogen) atoms. The summed E-state index contributed by atoms with van der Waals surface area (Å²) in [6.45, 7) is 1.38. The van der Waals surface area contributed by atoms with Gasteiger partial charge in [0.25, 0.3) is 0 Å². The molecule has 0 aliphatic rings. The number of carbonyl (C=O) groups is 1. The van der Waals surface area contributed by atoms with Gasteiger partial charge in [-0.3, -0.25) is 4.79 Å². The van der Waals surface area contributed by atoms with E-state index in [2.05, 4.69) is 10.5 Å². The zero-order valence-corrected chi connectivity index (χ0v) is 8.93. The molecule has 1 rings (SSSR count). The number of hydrogen-bond acceptors (Lipinski definition) is 2. The fraction of sp³-hybridized carbons (Fsp3) is 0.111. The Hall–Kier alpha value is -1.06. The van der Waals surface area contributed by atoms with Crippen LogP contribution in [0.3, 0.4) is 0 Å². The van der Waals surface area contributed by atoms with Crippen molar-refractivity contribution in [2.75, 3.05) is 0 Å². The molecule has 0 aliphatic carbocycles. The lowest BCUT2D eigenvalue weighted by Crippen LogP contribution is -2.12. The third kappa shape index (κ3) is 3.36. The van der Waals surface area contributed by atoms with Crippen LogP contribution >= 0.6 is 23.2 Å². The van der Waals surface area contributed by atoms with Crippen LogP contribution in [0.1, 0.15) is 12.5 Å². The van der Waals surface area contributed by atoms with Gasteiger partial charge in [0, 0.05) is 17.5 Å². The number of halogens is 2.